The van der Waals surface area contributed by atoms with Crippen molar-refractivity contribution in [3.8, 4) is 17.2 Å². The van der Waals surface area contributed by atoms with Gasteiger partial charge in [-0.3, -0.25) is 4.79 Å². The Morgan fingerprint density at radius 2 is 1.75 bits per heavy atom. The molecule has 3 nitrogen and oxygen atoms in total. The van der Waals surface area contributed by atoms with E-state index in [4.69, 9.17) is 9.47 Å². The van der Waals surface area contributed by atoms with E-state index < -0.39 is 0 Å². The third-order valence-electron chi connectivity index (χ3n) is 2.85. The number of benzene rings is 2. The van der Waals surface area contributed by atoms with Crippen LogP contribution in [0, 0.1) is 0 Å². The molecule has 0 atom stereocenters. The number of hydrogen-bond acceptors (Lipinski definition) is 3. The van der Waals surface area contributed by atoms with E-state index in [9.17, 15) is 4.79 Å². The molecule has 0 aliphatic carbocycles. The monoisotopic (exact) mass is 270 g/mol. The maximum atomic E-state index is 12.0. The van der Waals surface area contributed by atoms with E-state index in [1.807, 2.05) is 50.2 Å². The third-order valence-corrected chi connectivity index (χ3v) is 2.85. The minimum atomic E-state index is 0.0481. The summed E-state index contributed by atoms with van der Waals surface area (Å²) in [6, 6.07) is 14.8. The summed E-state index contributed by atoms with van der Waals surface area (Å²) in [5, 5.41) is 0. The van der Waals surface area contributed by atoms with Gasteiger partial charge in [0, 0.05) is 6.42 Å². The molecule has 0 N–H and O–H groups in total. The highest BCUT2D eigenvalue weighted by molar-refractivity contribution is 5.98. The van der Waals surface area contributed by atoms with Gasteiger partial charge in [-0.15, -0.1) is 0 Å². The Morgan fingerprint density at radius 1 is 1.00 bits per heavy atom. The average molecular weight is 270 g/mol. The number of carbonyl (C=O) groups excluding carboxylic acids is 1. The van der Waals surface area contributed by atoms with E-state index in [1.165, 1.54) is 0 Å². The minimum absolute atomic E-state index is 0.0481. The average Bonchev–Trinajstić information content (AvgIpc) is 2.49. The predicted molar refractivity (Wildman–Crippen MR) is 78.7 cm³/mol. The summed E-state index contributed by atoms with van der Waals surface area (Å²) < 4.78 is 11.2. The molecule has 0 spiro atoms. The van der Waals surface area contributed by atoms with E-state index >= 15 is 0 Å². The Morgan fingerprint density at radius 3 is 2.40 bits per heavy atom. The van der Waals surface area contributed by atoms with Crippen molar-refractivity contribution < 1.29 is 14.3 Å². The van der Waals surface area contributed by atoms with E-state index in [1.54, 1.807) is 12.1 Å². The largest absolute Gasteiger partial charge is 0.493 e. The van der Waals surface area contributed by atoms with E-state index in [-0.39, 0.29) is 5.78 Å². The van der Waals surface area contributed by atoms with Crippen LogP contribution in [0.15, 0.2) is 48.5 Å². The highest BCUT2D eigenvalue weighted by Crippen LogP contribution is 2.28. The van der Waals surface area contributed by atoms with Gasteiger partial charge in [0.1, 0.15) is 17.2 Å². The van der Waals surface area contributed by atoms with Gasteiger partial charge in [0.25, 0.3) is 0 Å². The van der Waals surface area contributed by atoms with Gasteiger partial charge >= 0.3 is 0 Å². The highest BCUT2D eigenvalue weighted by atomic mass is 16.5. The van der Waals surface area contributed by atoms with Crippen molar-refractivity contribution in [2.75, 3.05) is 6.61 Å². The predicted octanol–water partition coefficient (Wildman–Crippen LogP) is 4.47. The van der Waals surface area contributed by atoms with Crippen LogP contribution >= 0.6 is 0 Å². The van der Waals surface area contributed by atoms with Gasteiger partial charge < -0.3 is 9.47 Å². The summed E-state index contributed by atoms with van der Waals surface area (Å²) in [5.74, 6) is 2.04. The van der Waals surface area contributed by atoms with Gasteiger partial charge in [-0.05, 0) is 37.3 Å². The summed E-state index contributed by atoms with van der Waals surface area (Å²) >= 11 is 0. The van der Waals surface area contributed by atoms with Crippen molar-refractivity contribution in [1.29, 1.82) is 0 Å². The molecule has 20 heavy (non-hydrogen) atoms. The first-order valence-corrected chi connectivity index (χ1v) is 6.77. The lowest BCUT2D eigenvalue weighted by molar-refractivity contribution is 0.0984. The summed E-state index contributed by atoms with van der Waals surface area (Å²) in [6.07, 6.45) is 0.439. The van der Waals surface area contributed by atoms with Crippen LogP contribution in [0.4, 0.5) is 0 Å². The smallest absolute Gasteiger partial charge is 0.166 e. The first-order chi connectivity index (χ1) is 9.74. The van der Waals surface area contributed by atoms with Crippen LogP contribution in [-0.4, -0.2) is 12.4 Å². The van der Waals surface area contributed by atoms with Gasteiger partial charge in [-0.1, -0.05) is 25.1 Å². The highest BCUT2D eigenvalue weighted by Gasteiger charge is 2.12. The van der Waals surface area contributed by atoms with Gasteiger partial charge in [-0.2, -0.15) is 0 Å². The molecule has 0 aliphatic heterocycles. The van der Waals surface area contributed by atoms with Crippen LogP contribution in [-0.2, 0) is 0 Å². The Kier molecular flexibility index (Phi) is 4.77. The molecule has 2 rings (SSSR count). The molecule has 2 aromatic rings. The lowest BCUT2D eigenvalue weighted by Crippen LogP contribution is -2.03. The van der Waals surface area contributed by atoms with Gasteiger partial charge in [0.15, 0.2) is 5.78 Å². The summed E-state index contributed by atoms with van der Waals surface area (Å²) in [7, 11) is 0. The summed E-state index contributed by atoms with van der Waals surface area (Å²) in [5.41, 5.74) is 0.572. The van der Waals surface area contributed by atoms with Crippen molar-refractivity contribution in [2.45, 2.75) is 20.3 Å². The minimum Gasteiger partial charge on any atom is -0.493 e. The number of ketones is 1. The van der Waals surface area contributed by atoms with E-state index in [0.717, 1.165) is 5.75 Å². The Labute approximate surface area is 119 Å². The van der Waals surface area contributed by atoms with Crippen LogP contribution in [0.5, 0.6) is 17.2 Å². The molecular weight excluding hydrogens is 252 g/mol. The zero-order valence-corrected chi connectivity index (χ0v) is 11.8. The van der Waals surface area contributed by atoms with Crippen LogP contribution in [0.3, 0.4) is 0 Å². The molecule has 104 valence electrons. The van der Waals surface area contributed by atoms with Crippen LogP contribution in [0.25, 0.3) is 0 Å². The normalized spacial score (nSPS) is 10.1. The Bertz CT molecular complexity index is 576. The molecule has 0 radical (unpaired) electrons. The van der Waals surface area contributed by atoms with Crippen molar-refractivity contribution in [3.05, 3.63) is 54.1 Å². The molecule has 0 saturated carbocycles. The van der Waals surface area contributed by atoms with Gasteiger partial charge in [0.2, 0.25) is 0 Å². The second-order valence-electron chi connectivity index (χ2n) is 4.28. The van der Waals surface area contributed by atoms with Crippen LogP contribution in [0.2, 0.25) is 0 Å². The number of carbonyl (C=O) groups is 1. The molecule has 0 amide bonds. The van der Waals surface area contributed by atoms with Gasteiger partial charge in [0.05, 0.1) is 12.2 Å². The molecule has 0 bridgehead atoms. The first-order valence-electron chi connectivity index (χ1n) is 6.77. The number of Topliss-reactive ketones (excluding diaryl/α,β-unsaturated/α-hetero) is 1. The van der Waals surface area contributed by atoms with Gasteiger partial charge in [-0.25, -0.2) is 0 Å². The maximum Gasteiger partial charge on any atom is 0.166 e. The topological polar surface area (TPSA) is 35.5 Å². The molecule has 2 aromatic carbocycles. The van der Waals surface area contributed by atoms with Crippen LogP contribution < -0.4 is 9.47 Å². The summed E-state index contributed by atoms with van der Waals surface area (Å²) in [4.78, 5) is 12.0. The van der Waals surface area contributed by atoms with Crippen molar-refractivity contribution in [1.82, 2.24) is 0 Å². The fourth-order valence-electron chi connectivity index (χ4n) is 1.89. The molecule has 3 heteroatoms. The number of ether oxygens (including phenoxy) is 2. The molecule has 0 heterocycles. The third kappa shape index (κ3) is 3.38. The SMILES string of the molecule is CCOc1ccc(Oc2ccccc2)cc1C(=O)CC. The van der Waals surface area contributed by atoms with Crippen LogP contribution in [0.1, 0.15) is 30.6 Å². The quantitative estimate of drug-likeness (QED) is 0.726. The molecule has 0 saturated heterocycles. The molecule has 0 aliphatic rings. The van der Waals surface area contributed by atoms with Crippen molar-refractivity contribution >= 4 is 5.78 Å². The zero-order valence-electron chi connectivity index (χ0n) is 11.8. The second-order valence-corrected chi connectivity index (χ2v) is 4.28. The number of hydrogen-bond donors (Lipinski definition) is 0. The Hall–Kier alpha value is -2.29. The molecular formula is C17H18O3. The van der Waals surface area contributed by atoms with Crippen molar-refractivity contribution in [3.63, 3.8) is 0 Å². The summed E-state index contributed by atoms with van der Waals surface area (Å²) in [6.45, 7) is 4.26. The molecule has 0 unspecified atom stereocenters. The first kappa shape index (κ1) is 14.1. The zero-order chi connectivity index (χ0) is 14.4. The second kappa shape index (κ2) is 6.75. The maximum absolute atomic E-state index is 12.0. The fraction of sp³-hybridized carbons (Fsp3) is 0.235. The standard InChI is InChI=1S/C17H18O3/c1-3-16(18)15-12-14(10-11-17(15)19-4-2)20-13-8-6-5-7-9-13/h5-12H,3-4H2,1-2H3. The van der Waals surface area contributed by atoms with E-state index in [0.29, 0.717) is 30.1 Å². The van der Waals surface area contributed by atoms with E-state index in [2.05, 4.69) is 0 Å². The van der Waals surface area contributed by atoms with Crippen molar-refractivity contribution in [2.24, 2.45) is 0 Å². The number of para-hydroxylation sites is 1. The lowest BCUT2D eigenvalue weighted by Gasteiger charge is -2.11. The number of rotatable bonds is 6. The lowest BCUT2D eigenvalue weighted by atomic mass is 10.1. The molecule has 0 aromatic heterocycles. The Balaban J connectivity index is 2.29. The fourth-order valence-corrected chi connectivity index (χ4v) is 1.89. The molecule has 0 fully saturated rings.